The van der Waals surface area contributed by atoms with Crippen molar-refractivity contribution in [3.05, 3.63) is 83.4 Å². The predicted molar refractivity (Wildman–Crippen MR) is 128 cm³/mol. The Morgan fingerprint density at radius 2 is 1.61 bits per heavy atom. The highest BCUT2D eigenvalue weighted by molar-refractivity contribution is 6.09. The molecule has 0 bridgehead atoms. The summed E-state index contributed by atoms with van der Waals surface area (Å²) < 4.78 is 0. The molecule has 0 aliphatic carbocycles. The Morgan fingerprint density at radius 1 is 0.879 bits per heavy atom. The van der Waals surface area contributed by atoms with Crippen LogP contribution in [0.15, 0.2) is 66.7 Å². The normalized spacial score (nSPS) is 14.7. The zero-order chi connectivity index (χ0) is 23.4. The molecule has 0 unspecified atom stereocenters. The van der Waals surface area contributed by atoms with E-state index in [4.69, 9.17) is 0 Å². The Kier molecular flexibility index (Phi) is 6.72. The van der Waals surface area contributed by atoms with Gasteiger partial charge in [0, 0.05) is 32.7 Å². The van der Waals surface area contributed by atoms with Gasteiger partial charge in [0.2, 0.25) is 0 Å². The number of aromatic carboxylic acids is 1. The van der Waals surface area contributed by atoms with E-state index in [-0.39, 0.29) is 22.6 Å². The molecule has 0 radical (unpaired) electrons. The minimum Gasteiger partial charge on any atom is -0.507 e. The first-order valence-corrected chi connectivity index (χ1v) is 10.9. The fourth-order valence-electron chi connectivity index (χ4n) is 3.96. The molecule has 7 heteroatoms. The number of carbonyl (C=O) groups is 2. The van der Waals surface area contributed by atoms with E-state index in [0.29, 0.717) is 6.54 Å². The highest BCUT2D eigenvalue weighted by atomic mass is 16.4. The maximum Gasteiger partial charge on any atom is 0.337 e. The first kappa shape index (κ1) is 22.5. The minimum atomic E-state index is -1.14. The average Bonchev–Trinajstić information content (AvgIpc) is 2.82. The van der Waals surface area contributed by atoms with Crippen molar-refractivity contribution >= 4 is 17.6 Å². The number of carboxylic acid groups (broad SMARTS) is 1. The molecule has 7 nitrogen and oxygen atoms in total. The van der Waals surface area contributed by atoms with Crippen LogP contribution in [0.4, 0.5) is 5.69 Å². The Hall–Kier alpha value is -3.68. The van der Waals surface area contributed by atoms with Crippen molar-refractivity contribution in [2.24, 2.45) is 0 Å². The van der Waals surface area contributed by atoms with E-state index in [9.17, 15) is 19.8 Å². The number of amides is 1. The predicted octanol–water partition coefficient (Wildman–Crippen LogP) is 3.76. The molecule has 170 valence electrons. The molecule has 3 N–H and O–H groups in total. The van der Waals surface area contributed by atoms with E-state index in [1.54, 1.807) is 18.2 Å². The number of phenolic OH excluding ortho intramolecular Hbond substituents is 1. The van der Waals surface area contributed by atoms with Gasteiger partial charge in [-0.2, -0.15) is 0 Å². The first-order valence-electron chi connectivity index (χ1n) is 10.9. The first-order chi connectivity index (χ1) is 15.9. The van der Waals surface area contributed by atoms with Crippen LogP contribution in [0, 0.1) is 0 Å². The number of nitrogens with one attached hydrogen (secondary N) is 1. The summed E-state index contributed by atoms with van der Waals surface area (Å²) in [6.07, 6.45) is 0. The molecule has 0 aromatic heterocycles. The number of benzene rings is 3. The lowest BCUT2D eigenvalue weighted by atomic mass is 10.0. The molecule has 0 atom stereocenters. The summed E-state index contributed by atoms with van der Waals surface area (Å²) >= 11 is 0. The lowest BCUT2D eigenvalue weighted by Crippen LogP contribution is -2.43. The van der Waals surface area contributed by atoms with Crippen molar-refractivity contribution < 1.29 is 19.8 Å². The van der Waals surface area contributed by atoms with Crippen LogP contribution in [0.3, 0.4) is 0 Å². The lowest BCUT2D eigenvalue weighted by Gasteiger charge is -2.32. The largest absolute Gasteiger partial charge is 0.507 e. The Bertz CT molecular complexity index is 1160. The van der Waals surface area contributed by atoms with E-state index < -0.39 is 11.9 Å². The standard InChI is InChI=1S/C26H27N3O4/c1-28-11-13-29(14-12-28)17-18-7-10-24(30)22(15-18)25(31)27-23-16-20(8-9-21(23)26(32)33)19-5-3-2-4-6-19/h2-10,15-16,30H,11-14,17H2,1H3,(H,27,31)(H,32,33). The third-order valence-electron chi connectivity index (χ3n) is 5.91. The van der Waals surface area contributed by atoms with Crippen LogP contribution in [0.2, 0.25) is 0 Å². The van der Waals surface area contributed by atoms with Gasteiger partial charge in [-0.15, -0.1) is 0 Å². The number of aromatic hydroxyl groups is 1. The summed E-state index contributed by atoms with van der Waals surface area (Å²) in [6.45, 7) is 4.53. The quantitative estimate of drug-likeness (QED) is 0.535. The van der Waals surface area contributed by atoms with Gasteiger partial charge in [-0.3, -0.25) is 9.69 Å². The summed E-state index contributed by atoms with van der Waals surface area (Å²) in [7, 11) is 2.10. The summed E-state index contributed by atoms with van der Waals surface area (Å²) in [6, 6.07) is 19.3. The van der Waals surface area contributed by atoms with Crippen molar-refractivity contribution in [3.8, 4) is 16.9 Å². The van der Waals surface area contributed by atoms with Crippen LogP contribution in [0.1, 0.15) is 26.3 Å². The molecule has 1 aliphatic rings. The molecule has 1 fully saturated rings. The number of nitrogens with zero attached hydrogens (tertiary/aromatic N) is 2. The van der Waals surface area contributed by atoms with Crippen LogP contribution < -0.4 is 5.32 Å². The number of hydrogen-bond donors (Lipinski definition) is 3. The molecule has 0 spiro atoms. The summed E-state index contributed by atoms with van der Waals surface area (Å²) in [5, 5.41) is 22.6. The van der Waals surface area contributed by atoms with Gasteiger partial charge in [-0.25, -0.2) is 4.79 Å². The molecule has 3 aromatic carbocycles. The zero-order valence-corrected chi connectivity index (χ0v) is 18.5. The highest BCUT2D eigenvalue weighted by Crippen LogP contribution is 2.28. The molecule has 1 aliphatic heterocycles. The number of anilines is 1. The maximum atomic E-state index is 13.1. The second kappa shape index (κ2) is 9.85. The van der Waals surface area contributed by atoms with Crippen molar-refractivity contribution in [1.82, 2.24) is 9.80 Å². The van der Waals surface area contributed by atoms with Gasteiger partial charge in [-0.05, 0) is 48.0 Å². The highest BCUT2D eigenvalue weighted by Gasteiger charge is 2.19. The third kappa shape index (κ3) is 5.39. The van der Waals surface area contributed by atoms with Gasteiger partial charge in [0.1, 0.15) is 5.75 Å². The van der Waals surface area contributed by atoms with Crippen molar-refractivity contribution in [2.75, 3.05) is 38.5 Å². The van der Waals surface area contributed by atoms with E-state index in [1.165, 1.54) is 12.1 Å². The summed E-state index contributed by atoms with van der Waals surface area (Å²) in [5.41, 5.74) is 2.88. The van der Waals surface area contributed by atoms with Crippen molar-refractivity contribution in [1.29, 1.82) is 0 Å². The van der Waals surface area contributed by atoms with Crippen molar-refractivity contribution in [2.45, 2.75) is 6.54 Å². The van der Waals surface area contributed by atoms with Gasteiger partial charge in [-0.1, -0.05) is 42.5 Å². The molecule has 1 amide bonds. The number of carboxylic acids is 1. The lowest BCUT2D eigenvalue weighted by molar-refractivity contribution is 0.0698. The molecule has 33 heavy (non-hydrogen) atoms. The molecule has 0 saturated carbocycles. The molecule has 1 saturated heterocycles. The number of carbonyl (C=O) groups excluding carboxylic acids is 1. The van der Waals surface area contributed by atoms with Gasteiger partial charge in [0.25, 0.3) is 5.91 Å². The van der Waals surface area contributed by atoms with E-state index in [1.807, 2.05) is 36.4 Å². The number of phenols is 1. The van der Waals surface area contributed by atoms with Gasteiger partial charge in [0.05, 0.1) is 16.8 Å². The fraction of sp³-hybridized carbons (Fsp3) is 0.231. The zero-order valence-electron chi connectivity index (χ0n) is 18.5. The van der Waals surface area contributed by atoms with E-state index in [2.05, 4.69) is 22.2 Å². The van der Waals surface area contributed by atoms with Crippen LogP contribution in [0.25, 0.3) is 11.1 Å². The summed E-state index contributed by atoms with van der Waals surface area (Å²) in [5.74, 6) is -1.84. The fourth-order valence-corrected chi connectivity index (χ4v) is 3.96. The number of likely N-dealkylation sites (N-methyl/N-ethyl adjacent to an activating group) is 1. The average molecular weight is 446 g/mol. The maximum absolute atomic E-state index is 13.1. The van der Waals surface area contributed by atoms with Crippen molar-refractivity contribution in [3.63, 3.8) is 0 Å². The van der Waals surface area contributed by atoms with Gasteiger partial charge >= 0.3 is 5.97 Å². The third-order valence-corrected chi connectivity index (χ3v) is 5.91. The molecular formula is C26H27N3O4. The molecule has 4 rings (SSSR count). The smallest absolute Gasteiger partial charge is 0.337 e. The molecule has 1 heterocycles. The van der Waals surface area contributed by atoms with Crippen LogP contribution >= 0.6 is 0 Å². The summed E-state index contributed by atoms with van der Waals surface area (Å²) in [4.78, 5) is 29.4. The van der Waals surface area contributed by atoms with Gasteiger partial charge in [0.15, 0.2) is 0 Å². The SMILES string of the molecule is CN1CCN(Cc2ccc(O)c(C(=O)Nc3cc(-c4ccccc4)ccc3C(=O)O)c2)CC1. The number of piperazine rings is 1. The molecule has 3 aromatic rings. The minimum absolute atomic E-state index is 0.0175. The van der Waals surface area contributed by atoms with E-state index in [0.717, 1.165) is 42.9 Å². The number of rotatable bonds is 6. The Labute approximate surface area is 192 Å². The second-order valence-electron chi connectivity index (χ2n) is 8.32. The Balaban J connectivity index is 1.58. The second-order valence-corrected chi connectivity index (χ2v) is 8.32. The van der Waals surface area contributed by atoms with Crippen LogP contribution in [0.5, 0.6) is 5.75 Å². The Morgan fingerprint density at radius 3 is 2.30 bits per heavy atom. The number of hydrogen-bond acceptors (Lipinski definition) is 5. The van der Waals surface area contributed by atoms with Crippen LogP contribution in [-0.4, -0.2) is 65.1 Å². The van der Waals surface area contributed by atoms with Gasteiger partial charge < -0.3 is 20.4 Å². The monoisotopic (exact) mass is 445 g/mol. The molecular weight excluding hydrogens is 418 g/mol. The van der Waals surface area contributed by atoms with E-state index >= 15 is 0 Å². The van der Waals surface area contributed by atoms with Crippen LogP contribution in [-0.2, 0) is 6.54 Å². The topological polar surface area (TPSA) is 93.1 Å².